The normalized spacial score (nSPS) is 10.5. The van der Waals surface area contributed by atoms with E-state index in [2.05, 4.69) is 5.32 Å². The molecule has 0 saturated heterocycles. The van der Waals surface area contributed by atoms with Gasteiger partial charge in [-0.05, 0) is 44.2 Å². The van der Waals surface area contributed by atoms with Gasteiger partial charge in [0, 0.05) is 16.8 Å². The van der Waals surface area contributed by atoms with Crippen molar-refractivity contribution in [2.75, 3.05) is 18.2 Å². The number of ether oxygens (including phenoxy) is 2. The highest BCUT2D eigenvalue weighted by molar-refractivity contribution is 6.31. The average Bonchev–Trinajstić information content (AvgIpc) is 2.42. The standard InChI is InChI=1S/C16H19ClN2O2/c1-10(2)21-16-9-12(5-6-13(16)18)19-14-8-11(17)4-7-15(14)20-3/h4-10,19H,18H2,1-3H3. The molecule has 0 bridgehead atoms. The summed E-state index contributed by atoms with van der Waals surface area (Å²) in [6, 6.07) is 10.9. The maximum absolute atomic E-state index is 6.03. The Kier molecular flexibility index (Phi) is 4.81. The van der Waals surface area contributed by atoms with Crippen LogP contribution in [0.3, 0.4) is 0 Å². The van der Waals surface area contributed by atoms with Crippen molar-refractivity contribution < 1.29 is 9.47 Å². The Hall–Kier alpha value is -2.07. The van der Waals surface area contributed by atoms with E-state index >= 15 is 0 Å². The number of nitrogens with one attached hydrogen (secondary N) is 1. The van der Waals surface area contributed by atoms with Crippen molar-refractivity contribution in [3.63, 3.8) is 0 Å². The second-order valence-corrected chi connectivity index (χ2v) is 5.33. The van der Waals surface area contributed by atoms with E-state index in [0.717, 1.165) is 11.4 Å². The van der Waals surface area contributed by atoms with E-state index < -0.39 is 0 Å². The number of nitrogen functional groups attached to an aromatic ring is 1. The summed E-state index contributed by atoms with van der Waals surface area (Å²) in [6.45, 7) is 3.92. The molecule has 2 aromatic rings. The summed E-state index contributed by atoms with van der Waals surface area (Å²) in [7, 11) is 1.62. The van der Waals surface area contributed by atoms with Gasteiger partial charge in [-0.2, -0.15) is 0 Å². The van der Waals surface area contributed by atoms with Crippen LogP contribution < -0.4 is 20.5 Å². The first kappa shape index (κ1) is 15.3. The van der Waals surface area contributed by atoms with Gasteiger partial charge >= 0.3 is 0 Å². The molecule has 2 aromatic carbocycles. The van der Waals surface area contributed by atoms with E-state index in [9.17, 15) is 0 Å². The van der Waals surface area contributed by atoms with Crippen molar-refractivity contribution in [2.24, 2.45) is 0 Å². The lowest BCUT2D eigenvalue weighted by molar-refractivity contribution is 0.244. The van der Waals surface area contributed by atoms with Crippen LogP contribution in [0, 0.1) is 0 Å². The van der Waals surface area contributed by atoms with E-state index in [1.54, 1.807) is 25.3 Å². The number of rotatable bonds is 5. The van der Waals surface area contributed by atoms with Crippen LogP contribution in [0.2, 0.25) is 5.02 Å². The summed E-state index contributed by atoms with van der Waals surface area (Å²) in [5.41, 5.74) is 8.15. The number of anilines is 3. The van der Waals surface area contributed by atoms with Gasteiger partial charge in [-0.15, -0.1) is 0 Å². The molecule has 0 aliphatic heterocycles. The van der Waals surface area contributed by atoms with Crippen LogP contribution in [0.5, 0.6) is 11.5 Å². The van der Waals surface area contributed by atoms with Gasteiger partial charge in [0.05, 0.1) is 24.6 Å². The van der Waals surface area contributed by atoms with E-state index in [-0.39, 0.29) is 6.10 Å². The van der Waals surface area contributed by atoms with Crippen LogP contribution >= 0.6 is 11.6 Å². The number of hydrogen-bond donors (Lipinski definition) is 2. The lowest BCUT2D eigenvalue weighted by atomic mass is 10.2. The average molecular weight is 307 g/mol. The van der Waals surface area contributed by atoms with Crippen LogP contribution in [0.1, 0.15) is 13.8 Å². The number of halogens is 1. The second-order valence-electron chi connectivity index (χ2n) is 4.89. The SMILES string of the molecule is COc1ccc(Cl)cc1Nc1ccc(N)c(OC(C)C)c1. The largest absolute Gasteiger partial charge is 0.495 e. The van der Waals surface area contributed by atoms with Crippen molar-refractivity contribution >= 4 is 28.7 Å². The van der Waals surface area contributed by atoms with E-state index in [0.29, 0.717) is 22.2 Å². The number of benzene rings is 2. The predicted octanol–water partition coefficient (Wildman–Crippen LogP) is 4.46. The van der Waals surface area contributed by atoms with E-state index in [4.69, 9.17) is 26.8 Å². The smallest absolute Gasteiger partial charge is 0.144 e. The van der Waals surface area contributed by atoms with Crippen LogP contribution in [0.4, 0.5) is 17.1 Å². The Bertz CT molecular complexity index is 630. The van der Waals surface area contributed by atoms with Crippen molar-refractivity contribution in [2.45, 2.75) is 20.0 Å². The fraction of sp³-hybridized carbons (Fsp3) is 0.250. The van der Waals surface area contributed by atoms with Crippen LogP contribution in [0.15, 0.2) is 36.4 Å². The molecule has 0 saturated carbocycles. The van der Waals surface area contributed by atoms with Crippen LogP contribution in [-0.2, 0) is 0 Å². The van der Waals surface area contributed by atoms with Gasteiger partial charge in [0.25, 0.3) is 0 Å². The Balaban J connectivity index is 2.29. The topological polar surface area (TPSA) is 56.5 Å². The maximum Gasteiger partial charge on any atom is 0.144 e. The molecule has 0 atom stereocenters. The number of methoxy groups -OCH3 is 1. The van der Waals surface area contributed by atoms with Gasteiger partial charge in [0.1, 0.15) is 11.5 Å². The van der Waals surface area contributed by atoms with E-state index in [1.807, 2.05) is 32.0 Å². The molecule has 3 N–H and O–H groups in total. The highest BCUT2D eigenvalue weighted by Gasteiger charge is 2.08. The zero-order valence-electron chi connectivity index (χ0n) is 12.3. The highest BCUT2D eigenvalue weighted by atomic mass is 35.5. The Labute approximate surface area is 129 Å². The molecule has 0 amide bonds. The summed E-state index contributed by atoms with van der Waals surface area (Å²) in [5, 5.41) is 3.89. The van der Waals surface area contributed by atoms with Gasteiger partial charge in [-0.25, -0.2) is 0 Å². The molecule has 0 aliphatic carbocycles. The number of nitrogens with two attached hydrogens (primary N) is 1. The Morgan fingerprint density at radius 2 is 1.86 bits per heavy atom. The van der Waals surface area contributed by atoms with Crippen LogP contribution in [0.25, 0.3) is 0 Å². The van der Waals surface area contributed by atoms with Gasteiger partial charge in [-0.1, -0.05) is 11.6 Å². The molecule has 0 unspecified atom stereocenters. The summed E-state index contributed by atoms with van der Waals surface area (Å²) < 4.78 is 11.0. The molecule has 0 radical (unpaired) electrons. The van der Waals surface area contributed by atoms with Gasteiger partial charge in [-0.3, -0.25) is 0 Å². The molecule has 0 aliphatic rings. The molecule has 0 fully saturated rings. The third kappa shape index (κ3) is 3.95. The molecule has 5 heteroatoms. The van der Waals surface area contributed by atoms with E-state index in [1.165, 1.54) is 0 Å². The summed E-state index contributed by atoms with van der Waals surface area (Å²) in [6.07, 6.45) is 0.0586. The monoisotopic (exact) mass is 306 g/mol. The molecular formula is C16H19ClN2O2. The van der Waals surface area contributed by atoms with Crippen LogP contribution in [-0.4, -0.2) is 13.2 Å². The minimum atomic E-state index is 0.0586. The molecule has 4 nitrogen and oxygen atoms in total. The first-order chi connectivity index (χ1) is 9.99. The Morgan fingerprint density at radius 3 is 2.52 bits per heavy atom. The molecular weight excluding hydrogens is 288 g/mol. The summed E-state index contributed by atoms with van der Waals surface area (Å²) >= 11 is 6.03. The molecule has 0 spiro atoms. The molecule has 0 heterocycles. The van der Waals surface area contributed by atoms with Crippen molar-refractivity contribution in [3.05, 3.63) is 41.4 Å². The van der Waals surface area contributed by atoms with Gasteiger partial charge in [0.2, 0.25) is 0 Å². The highest BCUT2D eigenvalue weighted by Crippen LogP contribution is 2.33. The molecule has 112 valence electrons. The van der Waals surface area contributed by atoms with Gasteiger partial charge < -0.3 is 20.5 Å². The predicted molar refractivity (Wildman–Crippen MR) is 87.9 cm³/mol. The maximum atomic E-state index is 6.03. The quantitative estimate of drug-likeness (QED) is 0.801. The fourth-order valence-corrected chi connectivity index (χ4v) is 2.07. The minimum absolute atomic E-state index is 0.0586. The minimum Gasteiger partial charge on any atom is -0.495 e. The summed E-state index contributed by atoms with van der Waals surface area (Å²) in [5.74, 6) is 1.36. The lowest BCUT2D eigenvalue weighted by Crippen LogP contribution is -2.07. The van der Waals surface area contributed by atoms with Gasteiger partial charge in [0.15, 0.2) is 0 Å². The third-order valence-corrected chi connectivity index (χ3v) is 3.05. The second kappa shape index (κ2) is 6.59. The summed E-state index contributed by atoms with van der Waals surface area (Å²) in [4.78, 5) is 0. The first-order valence-electron chi connectivity index (χ1n) is 6.66. The molecule has 2 rings (SSSR count). The third-order valence-electron chi connectivity index (χ3n) is 2.82. The lowest BCUT2D eigenvalue weighted by Gasteiger charge is -2.15. The van der Waals surface area contributed by atoms with Crippen molar-refractivity contribution in [1.82, 2.24) is 0 Å². The van der Waals surface area contributed by atoms with Crippen molar-refractivity contribution in [1.29, 1.82) is 0 Å². The zero-order valence-corrected chi connectivity index (χ0v) is 13.1. The zero-order chi connectivity index (χ0) is 15.4. The fourth-order valence-electron chi connectivity index (χ4n) is 1.90. The first-order valence-corrected chi connectivity index (χ1v) is 7.04. The van der Waals surface area contributed by atoms with Crippen molar-refractivity contribution in [3.8, 4) is 11.5 Å². The number of hydrogen-bond acceptors (Lipinski definition) is 4. The Morgan fingerprint density at radius 1 is 1.10 bits per heavy atom. The molecule has 21 heavy (non-hydrogen) atoms. The molecule has 0 aromatic heterocycles.